The van der Waals surface area contributed by atoms with Gasteiger partial charge in [0.25, 0.3) is 0 Å². The van der Waals surface area contributed by atoms with Gasteiger partial charge in [0, 0.05) is 39.0 Å². The number of rotatable bonds is 8. The van der Waals surface area contributed by atoms with Crippen molar-refractivity contribution < 1.29 is 14.2 Å². The molecule has 144 valence electrons. The Labute approximate surface area is 161 Å². The van der Waals surface area contributed by atoms with Crippen LogP contribution in [0, 0.1) is 5.92 Å². The predicted octanol–water partition coefficient (Wildman–Crippen LogP) is 3.29. The third-order valence-electron chi connectivity index (χ3n) is 5.71. The van der Waals surface area contributed by atoms with Crippen LogP contribution in [0.2, 0.25) is 0 Å². The number of pyridine rings is 1. The molecule has 0 aliphatic carbocycles. The highest BCUT2D eigenvalue weighted by Crippen LogP contribution is 2.42. The molecule has 5 nitrogen and oxygen atoms in total. The van der Waals surface area contributed by atoms with E-state index in [9.17, 15) is 0 Å². The van der Waals surface area contributed by atoms with Crippen LogP contribution >= 0.6 is 0 Å². The number of benzene rings is 1. The van der Waals surface area contributed by atoms with Crippen molar-refractivity contribution in [3.8, 4) is 5.75 Å². The molecule has 1 atom stereocenters. The molecular weight excluding hydrogens is 340 g/mol. The Hall–Kier alpha value is -1.95. The molecule has 0 saturated carbocycles. The molecule has 2 aromatic rings. The van der Waals surface area contributed by atoms with Gasteiger partial charge >= 0.3 is 0 Å². The topological polar surface area (TPSA) is 43.8 Å². The van der Waals surface area contributed by atoms with Gasteiger partial charge in [-0.05, 0) is 48.6 Å². The third-order valence-corrected chi connectivity index (χ3v) is 5.71. The van der Waals surface area contributed by atoms with Crippen LogP contribution in [0.1, 0.15) is 24.1 Å². The summed E-state index contributed by atoms with van der Waals surface area (Å²) in [6.07, 6.45) is 4.00. The molecule has 27 heavy (non-hydrogen) atoms. The van der Waals surface area contributed by atoms with Gasteiger partial charge in [-0.2, -0.15) is 0 Å². The summed E-state index contributed by atoms with van der Waals surface area (Å²) in [7, 11) is 1.71. The van der Waals surface area contributed by atoms with Gasteiger partial charge in [0.15, 0.2) is 0 Å². The highest BCUT2D eigenvalue weighted by Gasteiger charge is 2.52. The Morgan fingerprint density at radius 3 is 2.96 bits per heavy atom. The summed E-state index contributed by atoms with van der Waals surface area (Å²) in [5, 5.41) is 0. The van der Waals surface area contributed by atoms with Crippen LogP contribution in [0.4, 0.5) is 0 Å². The molecule has 2 fully saturated rings. The van der Waals surface area contributed by atoms with Crippen molar-refractivity contribution in [2.24, 2.45) is 5.92 Å². The van der Waals surface area contributed by atoms with E-state index in [1.807, 2.05) is 30.5 Å². The summed E-state index contributed by atoms with van der Waals surface area (Å²) in [4.78, 5) is 6.76. The Balaban J connectivity index is 1.23. The summed E-state index contributed by atoms with van der Waals surface area (Å²) in [6, 6.07) is 14.2. The zero-order valence-corrected chi connectivity index (χ0v) is 16.0. The second-order valence-electron chi connectivity index (χ2n) is 7.56. The molecule has 3 heterocycles. The first-order chi connectivity index (χ1) is 13.3. The lowest BCUT2D eigenvalue weighted by molar-refractivity contribution is -0.139. The lowest BCUT2D eigenvalue weighted by atomic mass is 9.79. The standard InChI is InChI=1S/C22H28N2O3/c1-25-21-7-4-5-18(13-21)14-24-16-22(17-24)19(9-12-27-22)8-11-26-15-20-6-2-3-10-23-20/h2-7,10,13,19H,8-9,11-12,14-17H2,1H3/t19-/m1/s1. The molecule has 1 aromatic carbocycles. The van der Waals surface area contributed by atoms with E-state index in [0.29, 0.717) is 12.5 Å². The predicted molar refractivity (Wildman–Crippen MR) is 104 cm³/mol. The second kappa shape index (κ2) is 8.38. The van der Waals surface area contributed by atoms with E-state index < -0.39 is 0 Å². The van der Waals surface area contributed by atoms with Crippen molar-refractivity contribution in [2.45, 2.75) is 31.6 Å². The van der Waals surface area contributed by atoms with Crippen LogP contribution in [0.15, 0.2) is 48.7 Å². The number of ether oxygens (including phenoxy) is 3. The molecular formula is C22H28N2O3. The molecule has 5 heteroatoms. The maximum absolute atomic E-state index is 6.18. The number of nitrogens with zero attached hydrogens (tertiary/aromatic N) is 2. The van der Waals surface area contributed by atoms with E-state index in [-0.39, 0.29) is 5.60 Å². The minimum atomic E-state index is 0.0349. The zero-order chi connectivity index (χ0) is 18.5. The molecule has 1 aromatic heterocycles. The summed E-state index contributed by atoms with van der Waals surface area (Å²) in [5.41, 5.74) is 2.31. The van der Waals surface area contributed by atoms with E-state index >= 15 is 0 Å². The van der Waals surface area contributed by atoms with E-state index in [4.69, 9.17) is 14.2 Å². The molecule has 0 bridgehead atoms. The van der Waals surface area contributed by atoms with Crippen molar-refractivity contribution in [1.29, 1.82) is 0 Å². The van der Waals surface area contributed by atoms with Crippen molar-refractivity contribution in [1.82, 2.24) is 9.88 Å². The minimum absolute atomic E-state index is 0.0349. The van der Waals surface area contributed by atoms with Gasteiger partial charge in [-0.15, -0.1) is 0 Å². The van der Waals surface area contributed by atoms with Gasteiger partial charge < -0.3 is 14.2 Å². The summed E-state index contributed by atoms with van der Waals surface area (Å²) in [5.74, 6) is 1.51. The van der Waals surface area contributed by atoms with Gasteiger partial charge in [-0.25, -0.2) is 0 Å². The van der Waals surface area contributed by atoms with Crippen LogP contribution in [0.25, 0.3) is 0 Å². The quantitative estimate of drug-likeness (QED) is 0.669. The number of methoxy groups -OCH3 is 1. The Morgan fingerprint density at radius 1 is 1.22 bits per heavy atom. The molecule has 0 unspecified atom stereocenters. The van der Waals surface area contributed by atoms with Crippen LogP contribution < -0.4 is 4.74 Å². The molecule has 0 N–H and O–H groups in total. The molecule has 1 spiro atoms. The minimum Gasteiger partial charge on any atom is -0.497 e. The average molecular weight is 368 g/mol. The van der Waals surface area contributed by atoms with Crippen LogP contribution in [0.5, 0.6) is 5.75 Å². The molecule has 2 aliphatic heterocycles. The summed E-state index contributed by atoms with van der Waals surface area (Å²) >= 11 is 0. The first-order valence-corrected chi connectivity index (χ1v) is 9.74. The van der Waals surface area contributed by atoms with Crippen LogP contribution in [-0.4, -0.2) is 48.9 Å². The highest BCUT2D eigenvalue weighted by molar-refractivity contribution is 5.28. The van der Waals surface area contributed by atoms with E-state index in [1.54, 1.807) is 7.11 Å². The smallest absolute Gasteiger partial charge is 0.119 e. The summed E-state index contributed by atoms with van der Waals surface area (Å²) < 4.78 is 17.4. The van der Waals surface area contributed by atoms with Gasteiger partial charge in [0.1, 0.15) is 5.75 Å². The SMILES string of the molecule is COc1cccc(CN2CC3(C2)OCC[C@H]3CCOCc2ccccn2)c1. The molecule has 4 rings (SSSR count). The first-order valence-electron chi connectivity index (χ1n) is 9.74. The molecule has 2 saturated heterocycles. The maximum Gasteiger partial charge on any atom is 0.119 e. The Morgan fingerprint density at radius 2 is 2.15 bits per heavy atom. The van der Waals surface area contributed by atoms with Crippen molar-refractivity contribution >= 4 is 0 Å². The van der Waals surface area contributed by atoms with Crippen molar-refractivity contribution in [3.05, 3.63) is 59.9 Å². The largest absolute Gasteiger partial charge is 0.497 e. The third kappa shape index (κ3) is 4.32. The van der Waals surface area contributed by atoms with E-state index in [2.05, 4.69) is 28.1 Å². The van der Waals surface area contributed by atoms with Crippen LogP contribution in [-0.2, 0) is 22.6 Å². The molecule has 0 radical (unpaired) electrons. The Kier molecular flexibility index (Phi) is 5.72. The van der Waals surface area contributed by atoms with Crippen LogP contribution in [0.3, 0.4) is 0 Å². The summed E-state index contributed by atoms with van der Waals surface area (Å²) in [6.45, 7) is 5.19. The van der Waals surface area contributed by atoms with Gasteiger partial charge in [-0.3, -0.25) is 9.88 Å². The van der Waals surface area contributed by atoms with E-state index in [0.717, 1.165) is 57.1 Å². The maximum atomic E-state index is 6.18. The average Bonchev–Trinajstić information content (AvgIpc) is 3.10. The fourth-order valence-electron chi connectivity index (χ4n) is 4.28. The lowest BCUT2D eigenvalue weighted by Crippen LogP contribution is -2.64. The first kappa shape index (κ1) is 18.4. The highest BCUT2D eigenvalue weighted by atomic mass is 16.5. The second-order valence-corrected chi connectivity index (χ2v) is 7.56. The van der Waals surface area contributed by atoms with Gasteiger partial charge in [0.05, 0.1) is 25.0 Å². The Bertz CT molecular complexity index is 731. The fraction of sp³-hybridized carbons (Fsp3) is 0.500. The van der Waals surface area contributed by atoms with Crippen molar-refractivity contribution in [2.75, 3.05) is 33.4 Å². The monoisotopic (exact) mass is 368 g/mol. The fourth-order valence-corrected chi connectivity index (χ4v) is 4.28. The van der Waals surface area contributed by atoms with Crippen molar-refractivity contribution in [3.63, 3.8) is 0 Å². The van der Waals surface area contributed by atoms with Gasteiger partial charge in [-0.1, -0.05) is 18.2 Å². The zero-order valence-electron chi connectivity index (χ0n) is 16.0. The number of aromatic nitrogens is 1. The normalized spacial score (nSPS) is 21.3. The number of likely N-dealkylation sites (tertiary alicyclic amines) is 1. The molecule has 0 amide bonds. The van der Waals surface area contributed by atoms with E-state index in [1.165, 1.54) is 5.56 Å². The number of hydrogen-bond acceptors (Lipinski definition) is 5. The molecule has 2 aliphatic rings. The number of hydrogen-bond donors (Lipinski definition) is 0. The lowest BCUT2D eigenvalue weighted by Gasteiger charge is -2.50. The van der Waals surface area contributed by atoms with Gasteiger partial charge in [0.2, 0.25) is 0 Å².